The second-order valence-corrected chi connectivity index (χ2v) is 6.64. The topological polar surface area (TPSA) is 97.9 Å². The first kappa shape index (κ1) is 15.5. The first-order valence-corrected chi connectivity index (χ1v) is 7.79. The van der Waals surface area contributed by atoms with Crippen molar-refractivity contribution in [2.45, 2.75) is 52.1 Å². The Balaban J connectivity index is 1.60. The monoisotopic (exact) mass is 318 g/mol. The third kappa shape index (κ3) is 3.52. The standard InChI is InChI=1S/C15H22N6O2/c1-9(11-5-6-11)21-8-12(7-16-21)18-14(22)19-15(3,4)13-17-10(2)20-23-13/h7-9,11H,5-6H2,1-4H3,(H2,18,19,22). The zero-order valence-corrected chi connectivity index (χ0v) is 13.8. The highest BCUT2D eigenvalue weighted by molar-refractivity contribution is 5.89. The molecule has 2 heterocycles. The summed E-state index contributed by atoms with van der Waals surface area (Å²) in [6, 6.07) is 0.0240. The zero-order valence-electron chi connectivity index (χ0n) is 13.8. The van der Waals surface area contributed by atoms with Crippen LogP contribution < -0.4 is 10.6 Å². The van der Waals surface area contributed by atoms with Crippen LogP contribution in [-0.2, 0) is 5.54 Å². The maximum absolute atomic E-state index is 12.2. The molecule has 1 fully saturated rings. The van der Waals surface area contributed by atoms with Crippen molar-refractivity contribution >= 4 is 11.7 Å². The molecule has 0 bridgehead atoms. The second-order valence-electron chi connectivity index (χ2n) is 6.64. The van der Waals surface area contributed by atoms with Gasteiger partial charge in [-0.2, -0.15) is 10.1 Å². The van der Waals surface area contributed by atoms with E-state index in [1.807, 2.05) is 10.9 Å². The summed E-state index contributed by atoms with van der Waals surface area (Å²) < 4.78 is 7.03. The van der Waals surface area contributed by atoms with Crippen LogP contribution in [0.5, 0.6) is 0 Å². The molecule has 0 radical (unpaired) electrons. The summed E-state index contributed by atoms with van der Waals surface area (Å²) in [5.74, 6) is 1.60. The van der Waals surface area contributed by atoms with Gasteiger partial charge in [0.25, 0.3) is 5.89 Å². The molecule has 1 saturated carbocycles. The number of nitrogens with zero attached hydrogens (tertiary/aromatic N) is 4. The summed E-state index contributed by atoms with van der Waals surface area (Å²) in [4.78, 5) is 16.3. The van der Waals surface area contributed by atoms with Gasteiger partial charge in [0.15, 0.2) is 5.82 Å². The number of amides is 2. The predicted octanol–water partition coefficient (Wildman–Crippen LogP) is 2.60. The van der Waals surface area contributed by atoms with Crippen molar-refractivity contribution < 1.29 is 9.32 Å². The SMILES string of the molecule is Cc1noc(C(C)(C)NC(=O)Nc2cnn(C(C)C3CC3)c2)n1. The summed E-state index contributed by atoms with van der Waals surface area (Å²) in [6.45, 7) is 7.49. The fourth-order valence-corrected chi connectivity index (χ4v) is 2.47. The van der Waals surface area contributed by atoms with Crippen LogP contribution in [-0.4, -0.2) is 26.0 Å². The quantitative estimate of drug-likeness (QED) is 0.883. The highest BCUT2D eigenvalue weighted by atomic mass is 16.5. The fourth-order valence-electron chi connectivity index (χ4n) is 2.47. The molecule has 0 spiro atoms. The molecule has 0 aliphatic heterocycles. The van der Waals surface area contributed by atoms with Crippen LogP contribution in [0.15, 0.2) is 16.9 Å². The molecular formula is C15H22N6O2. The van der Waals surface area contributed by atoms with Crippen LogP contribution in [0.2, 0.25) is 0 Å². The Bertz CT molecular complexity index is 700. The van der Waals surface area contributed by atoms with Gasteiger partial charge in [-0.3, -0.25) is 4.68 Å². The number of urea groups is 1. The highest BCUT2D eigenvalue weighted by Crippen LogP contribution is 2.39. The molecule has 1 aliphatic rings. The second kappa shape index (κ2) is 5.68. The minimum Gasteiger partial charge on any atom is -0.337 e. The first-order chi connectivity index (χ1) is 10.8. The minimum absolute atomic E-state index is 0.343. The van der Waals surface area contributed by atoms with Crippen molar-refractivity contribution in [2.24, 2.45) is 5.92 Å². The number of anilines is 1. The lowest BCUT2D eigenvalue weighted by Crippen LogP contribution is -2.43. The van der Waals surface area contributed by atoms with Gasteiger partial charge < -0.3 is 15.2 Å². The average molecular weight is 318 g/mol. The molecular weight excluding hydrogens is 296 g/mol. The Kier molecular flexibility index (Phi) is 3.83. The first-order valence-electron chi connectivity index (χ1n) is 7.79. The van der Waals surface area contributed by atoms with Crippen molar-refractivity contribution in [1.82, 2.24) is 25.2 Å². The lowest BCUT2D eigenvalue weighted by Gasteiger charge is -2.21. The molecule has 1 atom stereocenters. The van der Waals surface area contributed by atoms with E-state index in [0.29, 0.717) is 29.4 Å². The third-order valence-electron chi connectivity index (χ3n) is 4.07. The summed E-state index contributed by atoms with van der Waals surface area (Å²) in [5, 5.41) is 13.7. The molecule has 23 heavy (non-hydrogen) atoms. The van der Waals surface area contributed by atoms with E-state index in [2.05, 4.69) is 32.8 Å². The number of hydrogen-bond acceptors (Lipinski definition) is 5. The van der Waals surface area contributed by atoms with Crippen LogP contribution in [0.1, 0.15) is 51.4 Å². The Morgan fingerprint density at radius 3 is 2.83 bits per heavy atom. The van der Waals surface area contributed by atoms with Gasteiger partial charge in [0.1, 0.15) is 5.54 Å². The van der Waals surface area contributed by atoms with E-state index < -0.39 is 5.54 Å². The van der Waals surface area contributed by atoms with Gasteiger partial charge >= 0.3 is 6.03 Å². The van der Waals surface area contributed by atoms with E-state index in [1.54, 1.807) is 27.0 Å². The maximum atomic E-state index is 12.2. The lowest BCUT2D eigenvalue weighted by molar-refractivity contribution is 0.228. The van der Waals surface area contributed by atoms with Crippen molar-refractivity contribution in [1.29, 1.82) is 0 Å². The predicted molar refractivity (Wildman–Crippen MR) is 83.9 cm³/mol. The lowest BCUT2D eigenvalue weighted by atomic mass is 10.1. The fraction of sp³-hybridized carbons (Fsp3) is 0.600. The molecule has 2 aromatic rings. The normalized spacial score (nSPS) is 16.2. The third-order valence-corrected chi connectivity index (χ3v) is 4.07. The van der Waals surface area contributed by atoms with E-state index in [-0.39, 0.29) is 6.03 Å². The van der Waals surface area contributed by atoms with Crippen molar-refractivity contribution in [3.63, 3.8) is 0 Å². The maximum Gasteiger partial charge on any atom is 0.320 e. The molecule has 3 rings (SSSR count). The summed E-state index contributed by atoms with van der Waals surface area (Å²) in [6.07, 6.45) is 6.01. The van der Waals surface area contributed by atoms with Gasteiger partial charge in [-0.1, -0.05) is 5.16 Å². The van der Waals surface area contributed by atoms with E-state index >= 15 is 0 Å². The van der Waals surface area contributed by atoms with E-state index in [9.17, 15) is 4.79 Å². The van der Waals surface area contributed by atoms with Crippen molar-refractivity contribution in [3.8, 4) is 0 Å². The molecule has 2 amide bonds. The average Bonchev–Trinajstić information content (AvgIpc) is 3.06. The van der Waals surface area contributed by atoms with Gasteiger partial charge in [-0.05, 0) is 46.5 Å². The van der Waals surface area contributed by atoms with Gasteiger partial charge in [-0.15, -0.1) is 0 Å². The van der Waals surface area contributed by atoms with E-state index in [1.165, 1.54) is 12.8 Å². The summed E-state index contributed by atoms with van der Waals surface area (Å²) >= 11 is 0. The van der Waals surface area contributed by atoms with Crippen LogP contribution in [0, 0.1) is 12.8 Å². The van der Waals surface area contributed by atoms with Crippen LogP contribution >= 0.6 is 0 Å². The molecule has 0 saturated heterocycles. The highest BCUT2D eigenvalue weighted by Gasteiger charge is 2.31. The number of hydrogen-bond donors (Lipinski definition) is 2. The van der Waals surface area contributed by atoms with Gasteiger partial charge in [0.2, 0.25) is 0 Å². The van der Waals surface area contributed by atoms with Crippen LogP contribution in [0.3, 0.4) is 0 Å². The summed E-state index contributed by atoms with van der Waals surface area (Å²) in [5.41, 5.74) is -0.102. The number of aryl methyl sites for hydroxylation is 1. The molecule has 0 aromatic carbocycles. The largest absolute Gasteiger partial charge is 0.337 e. The Hall–Kier alpha value is -2.38. The van der Waals surface area contributed by atoms with E-state index in [0.717, 1.165) is 0 Å². The van der Waals surface area contributed by atoms with Gasteiger partial charge in [0.05, 0.1) is 17.9 Å². The van der Waals surface area contributed by atoms with Crippen molar-refractivity contribution in [2.75, 3.05) is 5.32 Å². The van der Waals surface area contributed by atoms with Gasteiger partial charge in [-0.25, -0.2) is 4.79 Å². The molecule has 8 nitrogen and oxygen atoms in total. The zero-order chi connectivity index (χ0) is 16.6. The summed E-state index contributed by atoms with van der Waals surface area (Å²) in [7, 11) is 0. The number of nitrogens with one attached hydrogen (secondary N) is 2. The Morgan fingerprint density at radius 2 is 2.22 bits per heavy atom. The Labute approximate surface area is 134 Å². The molecule has 1 aliphatic carbocycles. The molecule has 2 N–H and O–H groups in total. The van der Waals surface area contributed by atoms with E-state index in [4.69, 9.17) is 4.52 Å². The van der Waals surface area contributed by atoms with Crippen molar-refractivity contribution in [3.05, 3.63) is 24.1 Å². The molecule has 1 unspecified atom stereocenters. The Morgan fingerprint density at radius 1 is 1.48 bits per heavy atom. The van der Waals surface area contributed by atoms with Crippen LogP contribution in [0.25, 0.3) is 0 Å². The molecule has 2 aromatic heterocycles. The number of carbonyl (C=O) groups excluding carboxylic acids is 1. The number of rotatable bonds is 5. The van der Waals surface area contributed by atoms with Gasteiger partial charge in [0, 0.05) is 6.20 Å². The number of carbonyl (C=O) groups is 1. The molecule has 124 valence electrons. The minimum atomic E-state index is -0.761. The van der Waals surface area contributed by atoms with Crippen LogP contribution in [0.4, 0.5) is 10.5 Å². The smallest absolute Gasteiger partial charge is 0.320 e. The number of aromatic nitrogens is 4. The molecule has 8 heteroatoms.